The first-order chi connectivity index (χ1) is 22.2. The van der Waals surface area contributed by atoms with Crippen molar-refractivity contribution in [1.29, 1.82) is 0 Å². The molecule has 46 heavy (non-hydrogen) atoms. The predicted octanol–water partition coefficient (Wildman–Crippen LogP) is 9.04. The molecule has 0 radical (unpaired) electrons. The van der Waals surface area contributed by atoms with E-state index in [1.54, 1.807) is 12.1 Å². The smallest absolute Gasteiger partial charge is 0.188 e. The van der Waals surface area contributed by atoms with Gasteiger partial charge in [0.1, 0.15) is 5.25 Å². The molecule has 6 rings (SSSR count). The monoisotopic (exact) mass is 631 g/mol. The van der Waals surface area contributed by atoms with Crippen LogP contribution in [0.1, 0.15) is 52.7 Å². The third kappa shape index (κ3) is 5.95. The summed E-state index contributed by atoms with van der Waals surface area (Å²) in [5, 5.41) is 4.11. The zero-order valence-corrected chi connectivity index (χ0v) is 28.8. The average Bonchev–Trinajstić information content (AvgIpc) is 3.51. The van der Waals surface area contributed by atoms with E-state index < -0.39 is 15.1 Å². The maximum absolute atomic E-state index is 14.6. The van der Waals surface area contributed by atoms with Gasteiger partial charge in [-0.2, -0.15) is 0 Å². The molecule has 0 spiro atoms. The molecule has 2 aromatic heterocycles. The molecular weight excluding hydrogens is 587 g/mol. The number of hydrogen-bond acceptors (Lipinski definition) is 3. The first-order valence-corrected chi connectivity index (χ1v) is 17.6. The van der Waals surface area contributed by atoms with Gasteiger partial charge in [-0.15, -0.1) is 0 Å². The summed E-state index contributed by atoms with van der Waals surface area (Å²) in [6.45, 7) is 12.3. The van der Waals surface area contributed by atoms with Crippen molar-refractivity contribution in [3.8, 4) is 0 Å². The summed E-state index contributed by atoms with van der Waals surface area (Å²) in [5.74, 6) is 0. The number of nitrogens with one attached hydrogen (secondary N) is 1. The Bertz CT molecular complexity index is 2010. The first kappa shape index (κ1) is 33.0. The lowest BCUT2D eigenvalue weighted by Crippen LogP contribution is -2.13. The highest BCUT2D eigenvalue weighted by Crippen LogP contribution is 2.43. The SMILES string of the molecule is CCn1c(C)c(C(=CC(c2ccccc2)S(=O)(=O)c2ccc(C)cc2)c2c(C)n(CC)c3ccccc23)c2ccccc21.CNC. The van der Waals surface area contributed by atoms with Crippen molar-refractivity contribution in [2.24, 2.45) is 0 Å². The standard InChI is InChI=1S/C38H38N2O2S.C2H7N/c1-6-39-27(4)37(31-17-11-13-19-34(31)39)33(38-28(5)40(7-2)35-20-14-12-18-32(35)38)25-36(29-15-9-8-10-16-29)43(41,42)30-23-21-26(3)22-24-30;1-3-2/h8-25,36H,6-7H2,1-5H3;3H,1-2H3. The number of hydrogen-bond donors (Lipinski definition) is 1. The second-order valence-electron chi connectivity index (χ2n) is 11.7. The van der Waals surface area contributed by atoms with E-state index in [1.165, 1.54) is 0 Å². The van der Waals surface area contributed by atoms with Crippen LogP contribution in [0, 0.1) is 20.8 Å². The molecule has 0 amide bonds. The zero-order chi connectivity index (χ0) is 33.0. The van der Waals surface area contributed by atoms with E-state index in [9.17, 15) is 8.42 Å². The van der Waals surface area contributed by atoms with E-state index in [0.717, 1.165) is 74.1 Å². The summed E-state index contributed by atoms with van der Waals surface area (Å²) in [4.78, 5) is 0.322. The highest BCUT2D eigenvalue weighted by molar-refractivity contribution is 7.91. The van der Waals surface area contributed by atoms with Crippen LogP contribution in [-0.2, 0) is 22.9 Å². The Morgan fingerprint density at radius 2 is 1.11 bits per heavy atom. The van der Waals surface area contributed by atoms with Crippen LogP contribution in [-0.4, -0.2) is 31.6 Å². The van der Waals surface area contributed by atoms with Gasteiger partial charge in [0.25, 0.3) is 0 Å². The zero-order valence-electron chi connectivity index (χ0n) is 28.0. The van der Waals surface area contributed by atoms with E-state index in [0.29, 0.717) is 4.90 Å². The molecule has 1 N–H and O–H groups in total. The molecule has 0 aliphatic rings. The van der Waals surface area contributed by atoms with E-state index >= 15 is 0 Å². The Morgan fingerprint density at radius 1 is 0.674 bits per heavy atom. The minimum atomic E-state index is -3.80. The van der Waals surface area contributed by atoms with Crippen LogP contribution < -0.4 is 5.32 Å². The summed E-state index contributed by atoms with van der Waals surface area (Å²) in [5.41, 5.74) is 9.44. The Kier molecular flexibility index (Phi) is 10.00. The minimum Gasteiger partial charge on any atom is -0.345 e. The van der Waals surface area contributed by atoms with Crippen LogP contribution in [0.4, 0.5) is 0 Å². The quantitative estimate of drug-likeness (QED) is 0.182. The van der Waals surface area contributed by atoms with Gasteiger partial charge in [-0.25, -0.2) is 8.42 Å². The Labute approximate surface area is 274 Å². The average molecular weight is 632 g/mol. The molecule has 238 valence electrons. The number of sulfone groups is 1. The fourth-order valence-corrected chi connectivity index (χ4v) is 8.32. The molecule has 2 heterocycles. The highest BCUT2D eigenvalue weighted by atomic mass is 32.2. The Morgan fingerprint density at radius 3 is 1.57 bits per heavy atom. The minimum absolute atomic E-state index is 0.322. The fraction of sp³-hybridized carbons (Fsp3) is 0.250. The number of aromatic nitrogens is 2. The summed E-state index contributed by atoms with van der Waals surface area (Å²) in [6, 6.07) is 33.8. The van der Waals surface area contributed by atoms with Crippen LogP contribution in [0.15, 0.2) is 114 Å². The predicted molar refractivity (Wildman–Crippen MR) is 194 cm³/mol. The number of nitrogens with zero attached hydrogens (tertiary/aromatic N) is 2. The molecule has 4 aromatic carbocycles. The molecule has 0 saturated carbocycles. The molecule has 0 aliphatic heterocycles. The van der Waals surface area contributed by atoms with Gasteiger partial charge in [-0.1, -0.05) is 90.5 Å². The first-order valence-electron chi connectivity index (χ1n) is 16.0. The van der Waals surface area contributed by atoms with E-state index in [4.69, 9.17) is 0 Å². The van der Waals surface area contributed by atoms with Crippen LogP contribution in [0.5, 0.6) is 0 Å². The second-order valence-corrected chi connectivity index (χ2v) is 13.8. The number of para-hydroxylation sites is 2. The van der Waals surface area contributed by atoms with Crippen LogP contribution >= 0.6 is 0 Å². The lowest BCUT2D eigenvalue weighted by atomic mass is 9.91. The second kappa shape index (κ2) is 13.9. The van der Waals surface area contributed by atoms with Gasteiger partial charge in [0, 0.05) is 57.4 Å². The molecule has 0 saturated heterocycles. The molecule has 0 fully saturated rings. The molecule has 1 unspecified atom stereocenters. The van der Waals surface area contributed by atoms with E-state index in [-0.39, 0.29) is 0 Å². The molecule has 1 atom stereocenters. The van der Waals surface area contributed by atoms with Crippen molar-refractivity contribution >= 4 is 37.2 Å². The summed E-state index contributed by atoms with van der Waals surface area (Å²) >= 11 is 0. The third-order valence-electron chi connectivity index (χ3n) is 8.76. The number of fused-ring (bicyclic) bond motifs is 2. The summed E-state index contributed by atoms with van der Waals surface area (Å²) < 4.78 is 33.9. The molecule has 6 aromatic rings. The van der Waals surface area contributed by atoms with Crippen LogP contribution in [0.25, 0.3) is 27.4 Å². The maximum Gasteiger partial charge on any atom is 0.188 e. The van der Waals surface area contributed by atoms with Crippen molar-refractivity contribution in [3.05, 3.63) is 143 Å². The Hall–Kier alpha value is -4.39. The van der Waals surface area contributed by atoms with Crippen molar-refractivity contribution in [2.75, 3.05) is 14.1 Å². The lowest BCUT2D eigenvalue weighted by Gasteiger charge is -2.19. The highest BCUT2D eigenvalue weighted by Gasteiger charge is 2.31. The molecule has 6 heteroatoms. The normalized spacial score (nSPS) is 12.2. The van der Waals surface area contributed by atoms with Gasteiger partial charge >= 0.3 is 0 Å². The van der Waals surface area contributed by atoms with E-state index in [1.807, 2.05) is 69.6 Å². The number of benzene rings is 4. The largest absolute Gasteiger partial charge is 0.345 e. The summed E-state index contributed by atoms with van der Waals surface area (Å²) in [7, 11) is -0.0517. The van der Waals surface area contributed by atoms with Crippen molar-refractivity contribution in [3.63, 3.8) is 0 Å². The van der Waals surface area contributed by atoms with Gasteiger partial charge < -0.3 is 14.5 Å². The fourth-order valence-electron chi connectivity index (χ4n) is 6.68. The molecule has 5 nitrogen and oxygen atoms in total. The van der Waals surface area contributed by atoms with Gasteiger partial charge in [0.05, 0.1) is 4.90 Å². The topological polar surface area (TPSA) is 56.0 Å². The van der Waals surface area contributed by atoms with Gasteiger partial charge in [0.15, 0.2) is 9.84 Å². The lowest BCUT2D eigenvalue weighted by molar-refractivity contribution is 0.590. The van der Waals surface area contributed by atoms with Gasteiger partial charge in [0.2, 0.25) is 0 Å². The Balaban J connectivity index is 0.00000134. The molecule has 0 aliphatic carbocycles. The van der Waals surface area contributed by atoms with Crippen molar-refractivity contribution in [1.82, 2.24) is 14.5 Å². The molecule has 0 bridgehead atoms. The van der Waals surface area contributed by atoms with E-state index in [2.05, 4.69) is 90.7 Å². The number of aryl methyl sites for hydroxylation is 3. The van der Waals surface area contributed by atoms with Crippen molar-refractivity contribution in [2.45, 2.75) is 57.9 Å². The third-order valence-corrected chi connectivity index (χ3v) is 10.8. The van der Waals surface area contributed by atoms with Crippen LogP contribution in [0.2, 0.25) is 0 Å². The maximum atomic E-state index is 14.6. The molecular formula is C40H45N3O2S. The van der Waals surface area contributed by atoms with Gasteiger partial charge in [-0.3, -0.25) is 0 Å². The van der Waals surface area contributed by atoms with Crippen LogP contribution in [0.3, 0.4) is 0 Å². The van der Waals surface area contributed by atoms with Gasteiger partial charge in [-0.05, 0) is 84.1 Å². The summed E-state index contributed by atoms with van der Waals surface area (Å²) in [6.07, 6.45) is 2.02. The van der Waals surface area contributed by atoms with Crippen molar-refractivity contribution < 1.29 is 8.42 Å². The number of rotatable bonds is 8.